The van der Waals surface area contributed by atoms with Crippen LogP contribution in [0.15, 0.2) is 0 Å². The van der Waals surface area contributed by atoms with E-state index in [0.29, 0.717) is 5.01 Å². The molecule has 15 heavy (non-hydrogen) atoms. The van der Waals surface area contributed by atoms with Crippen LogP contribution in [0.3, 0.4) is 0 Å². The number of Topliss-reactive ketones (excluding diaryl/α,β-unsaturated/α-hetero) is 2. The van der Waals surface area contributed by atoms with Crippen molar-refractivity contribution in [3.05, 3.63) is 15.6 Å². The minimum Gasteiger partial charge on any atom is -0.299 e. The molecule has 3 nitrogen and oxygen atoms in total. The van der Waals surface area contributed by atoms with Gasteiger partial charge in [-0.2, -0.15) is 0 Å². The van der Waals surface area contributed by atoms with Crippen LogP contribution in [0.4, 0.5) is 0 Å². The highest BCUT2D eigenvalue weighted by atomic mass is 32.1. The van der Waals surface area contributed by atoms with Gasteiger partial charge in [-0.05, 0) is 26.7 Å². The molecular formula is C11H13NO2S. The van der Waals surface area contributed by atoms with Crippen molar-refractivity contribution in [2.45, 2.75) is 33.1 Å². The van der Waals surface area contributed by atoms with E-state index >= 15 is 0 Å². The van der Waals surface area contributed by atoms with Crippen LogP contribution in [0.1, 0.15) is 39.6 Å². The molecular weight excluding hydrogens is 210 g/mol. The Labute approximate surface area is 92.5 Å². The molecule has 0 N–H and O–H groups in total. The number of aryl methyl sites for hydroxylation is 2. The van der Waals surface area contributed by atoms with Crippen LogP contribution in [0.5, 0.6) is 0 Å². The molecule has 1 aromatic rings. The molecule has 1 aromatic heterocycles. The van der Waals surface area contributed by atoms with Gasteiger partial charge in [0.15, 0.2) is 10.8 Å². The Kier molecular flexibility index (Phi) is 2.69. The van der Waals surface area contributed by atoms with E-state index in [0.717, 1.165) is 23.4 Å². The van der Waals surface area contributed by atoms with E-state index < -0.39 is 0 Å². The molecule has 80 valence electrons. The molecule has 1 aliphatic rings. The number of carbonyl (C=O) groups excluding carboxylic acids is 2. The maximum Gasteiger partial charge on any atom is 0.198 e. The second kappa shape index (κ2) is 3.85. The lowest BCUT2D eigenvalue weighted by Gasteiger charge is -1.94. The average Bonchev–Trinajstić information content (AvgIpc) is 2.95. The van der Waals surface area contributed by atoms with Crippen molar-refractivity contribution in [3.63, 3.8) is 0 Å². The van der Waals surface area contributed by atoms with Gasteiger partial charge >= 0.3 is 0 Å². The average molecular weight is 223 g/mol. The van der Waals surface area contributed by atoms with Gasteiger partial charge in [0, 0.05) is 10.8 Å². The van der Waals surface area contributed by atoms with Crippen molar-refractivity contribution >= 4 is 22.9 Å². The SMILES string of the molecule is Cc1nc(C(=O)CC(=O)C2CC2)sc1C. The molecule has 1 fully saturated rings. The van der Waals surface area contributed by atoms with Crippen LogP contribution in [0.25, 0.3) is 0 Å². The first-order valence-electron chi connectivity index (χ1n) is 5.08. The summed E-state index contributed by atoms with van der Waals surface area (Å²) in [7, 11) is 0. The minimum absolute atomic E-state index is 0.0388. The van der Waals surface area contributed by atoms with Gasteiger partial charge in [0.2, 0.25) is 0 Å². The van der Waals surface area contributed by atoms with Crippen LogP contribution in [0, 0.1) is 19.8 Å². The van der Waals surface area contributed by atoms with E-state index in [9.17, 15) is 9.59 Å². The minimum atomic E-state index is -0.118. The number of rotatable bonds is 4. The van der Waals surface area contributed by atoms with Crippen molar-refractivity contribution < 1.29 is 9.59 Å². The first kappa shape index (κ1) is 10.5. The smallest absolute Gasteiger partial charge is 0.198 e. The van der Waals surface area contributed by atoms with Crippen molar-refractivity contribution in [1.29, 1.82) is 0 Å². The summed E-state index contributed by atoms with van der Waals surface area (Å²) in [6.45, 7) is 3.82. The standard InChI is InChI=1S/C11H13NO2S/c1-6-7(2)15-11(12-6)10(14)5-9(13)8-3-4-8/h8H,3-5H2,1-2H3. The molecule has 2 rings (SSSR count). The lowest BCUT2D eigenvalue weighted by molar-refractivity contribution is -0.119. The number of aromatic nitrogens is 1. The predicted octanol–water partition coefficient (Wildman–Crippen LogP) is 2.31. The normalized spacial score (nSPS) is 15.3. The molecule has 1 heterocycles. The zero-order valence-corrected chi connectivity index (χ0v) is 9.69. The van der Waals surface area contributed by atoms with Gasteiger partial charge in [0.25, 0.3) is 0 Å². The Balaban J connectivity index is 2.03. The summed E-state index contributed by atoms with van der Waals surface area (Å²) in [5.74, 6) is 0.134. The maximum absolute atomic E-state index is 11.7. The van der Waals surface area contributed by atoms with E-state index in [1.807, 2.05) is 13.8 Å². The summed E-state index contributed by atoms with van der Waals surface area (Å²) in [5.41, 5.74) is 0.891. The highest BCUT2D eigenvalue weighted by Gasteiger charge is 2.31. The number of carbonyl (C=O) groups is 2. The highest BCUT2D eigenvalue weighted by molar-refractivity contribution is 7.13. The maximum atomic E-state index is 11.7. The quantitative estimate of drug-likeness (QED) is 0.581. The largest absolute Gasteiger partial charge is 0.299 e. The summed E-state index contributed by atoms with van der Waals surface area (Å²) in [6, 6.07) is 0. The molecule has 0 saturated heterocycles. The Morgan fingerprint density at radius 2 is 2.07 bits per heavy atom. The lowest BCUT2D eigenvalue weighted by Crippen LogP contribution is -2.09. The van der Waals surface area contributed by atoms with Crippen molar-refractivity contribution in [3.8, 4) is 0 Å². The molecule has 0 bridgehead atoms. The molecule has 0 unspecified atom stereocenters. The Hall–Kier alpha value is -1.03. The lowest BCUT2D eigenvalue weighted by atomic mass is 10.1. The van der Waals surface area contributed by atoms with Gasteiger partial charge in [0.1, 0.15) is 5.78 Å². The van der Waals surface area contributed by atoms with E-state index in [2.05, 4.69) is 4.98 Å². The molecule has 0 atom stereocenters. The van der Waals surface area contributed by atoms with E-state index in [-0.39, 0.29) is 23.9 Å². The molecule has 4 heteroatoms. The van der Waals surface area contributed by atoms with Crippen LogP contribution in [0.2, 0.25) is 0 Å². The molecule has 0 amide bonds. The van der Waals surface area contributed by atoms with Crippen molar-refractivity contribution in [1.82, 2.24) is 4.98 Å². The third kappa shape index (κ3) is 2.31. The predicted molar refractivity (Wildman–Crippen MR) is 58.3 cm³/mol. The molecule has 0 aromatic carbocycles. The van der Waals surface area contributed by atoms with Crippen molar-refractivity contribution in [2.75, 3.05) is 0 Å². The highest BCUT2D eigenvalue weighted by Crippen LogP contribution is 2.31. The summed E-state index contributed by atoms with van der Waals surface area (Å²) >= 11 is 1.38. The fraction of sp³-hybridized carbons (Fsp3) is 0.545. The van der Waals surface area contributed by atoms with Crippen LogP contribution in [-0.2, 0) is 4.79 Å². The van der Waals surface area contributed by atoms with E-state index in [1.54, 1.807) is 0 Å². The first-order valence-corrected chi connectivity index (χ1v) is 5.89. The van der Waals surface area contributed by atoms with Crippen LogP contribution in [-0.4, -0.2) is 16.6 Å². The third-order valence-electron chi connectivity index (χ3n) is 2.63. The molecule has 0 aliphatic heterocycles. The Bertz CT molecular complexity index is 399. The topological polar surface area (TPSA) is 47.0 Å². The van der Waals surface area contributed by atoms with Gasteiger partial charge in [-0.1, -0.05) is 0 Å². The Morgan fingerprint density at radius 1 is 1.40 bits per heavy atom. The fourth-order valence-electron chi connectivity index (χ4n) is 1.38. The molecule has 0 spiro atoms. The molecule has 1 saturated carbocycles. The van der Waals surface area contributed by atoms with Crippen LogP contribution >= 0.6 is 11.3 Å². The third-order valence-corrected chi connectivity index (χ3v) is 3.75. The molecule has 0 radical (unpaired) electrons. The Morgan fingerprint density at radius 3 is 2.53 bits per heavy atom. The number of hydrogen-bond donors (Lipinski definition) is 0. The summed E-state index contributed by atoms with van der Waals surface area (Å²) in [4.78, 5) is 28.3. The number of hydrogen-bond acceptors (Lipinski definition) is 4. The molecule has 1 aliphatic carbocycles. The van der Waals surface area contributed by atoms with Gasteiger partial charge in [-0.15, -0.1) is 11.3 Å². The summed E-state index contributed by atoms with van der Waals surface area (Å²) in [6.07, 6.45) is 1.96. The van der Waals surface area contributed by atoms with Gasteiger partial charge in [-0.25, -0.2) is 4.98 Å². The fourth-order valence-corrected chi connectivity index (χ4v) is 2.23. The summed E-state index contributed by atoms with van der Waals surface area (Å²) in [5, 5.41) is 0.485. The monoisotopic (exact) mass is 223 g/mol. The van der Waals surface area contributed by atoms with E-state index in [1.165, 1.54) is 11.3 Å². The zero-order chi connectivity index (χ0) is 11.0. The van der Waals surface area contributed by atoms with Gasteiger partial charge < -0.3 is 0 Å². The van der Waals surface area contributed by atoms with Crippen LogP contribution < -0.4 is 0 Å². The number of thiazole rings is 1. The summed E-state index contributed by atoms with van der Waals surface area (Å²) < 4.78 is 0. The first-order chi connectivity index (χ1) is 7.08. The van der Waals surface area contributed by atoms with Gasteiger partial charge in [-0.3, -0.25) is 9.59 Å². The zero-order valence-electron chi connectivity index (χ0n) is 8.87. The van der Waals surface area contributed by atoms with Gasteiger partial charge in [0.05, 0.1) is 12.1 Å². The second-order valence-electron chi connectivity index (χ2n) is 4.00. The number of nitrogens with zero attached hydrogens (tertiary/aromatic N) is 1. The van der Waals surface area contributed by atoms with Crippen molar-refractivity contribution in [2.24, 2.45) is 5.92 Å². The van der Waals surface area contributed by atoms with E-state index in [4.69, 9.17) is 0 Å². The second-order valence-corrected chi connectivity index (χ2v) is 5.20. The number of ketones is 2.